The zero-order chi connectivity index (χ0) is 11.4. The van der Waals surface area contributed by atoms with Crippen LogP contribution < -0.4 is 5.32 Å². The average molecular weight is 276 g/mol. The van der Waals surface area contributed by atoms with Crippen LogP contribution in [0.15, 0.2) is 18.2 Å². The molecule has 0 aliphatic rings. The van der Waals surface area contributed by atoms with E-state index >= 15 is 0 Å². The number of alkyl halides is 1. The van der Waals surface area contributed by atoms with E-state index in [0.717, 1.165) is 12.1 Å². The molecule has 0 heterocycles. The van der Waals surface area contributed by atoms with Crippen LogP contribution >= 0.6 is 15.9 Å². The van der Waals surface area contributed by atoms with Gasteiger partial charge in [0.05, 0.1) is 5.56 Å². The first-order valence-corrected chi connectivity index (χ1v) is 5.52. The summed E-state index contributed by atoms with van der Waals surface area (Å²) >= 11 is 3.21. The van der Waals surface area contributed by atoms with E-state index in [4.69, 9.17) is 0 Å². The predicted octanol–water partition coefficient (Wildman–Crippen LogP) is 2.04. The minimum absolute atomic E-state index is 0.0537. The lowest BCUT2D eigenvalue weighted by atomic mass is 10.1. The summed E-state index contributed by atoms with van der Waals surface area (Å²) in [7, 11) is 0. The van der Waals surface area contributed by atoms with Gasteiger partial charge in [0.1, 0.15) is 11.6 Å². The number of carbonyl (C=O) groups is 1. The van der Waals surface area contributed by atoms with Gasteiger partial charge in [-0.3, -0.25) is 4.79 Å². The Bertz CT molecular complexity index is 370. The van der Waals surface area contributed by atoms with E-state index in [1.54, 1.807) is 0 Å². The Labute approximate surface area is 95.4 Å². The van der Waals surface area contributed by atoms with Crippen molar-refractivity contribution in [2.45, 2.75) is 13.0 Å². The van der Waals surface area contributed by atoms with Crippen molar-refractivity contribution in [2.24, 2.45) is 0 Å². The van der Waals surface area contributed by atoms with Crippen LogP contribution in [0.1, 0.15) is 17.3 Å². The Morgan fingerprint density at radius 1 is 1.67 bits per heavy atom. The van der Waals surface area contributed by atoms with Gasteiger partial charge in [0.25, 0.3) is 5.91 Å². The molecule has 1 aromatic carbocycles. The fourth-order valence-corrected chi connectivity index (χ4v) is 1.20. The molecule has 1 atom stereocenters. The normalized spacial score (nSPS) is 12.2. The first-order chi connectivity index (χ1) is 7.04. The van der Waals surface area contributed by atoms with Crippen LogP contribution in [-0.4, -0.2) is 22.4 Å². The smallest absolute Gasteiger partial charge is 0.255 e. The van der Waals surface area contributed by atoms with Crippen molar-refractivity contribution in [2.75, 3.05) is 5.33 Å². The molecule has 5 heteroatoms. The summed E-state index contributed by atoms with van der Waals surface area (Å²) < 4.78 is 12.6. The van der Waals surface area contributed by atoms with Gasteiger partial charge in [-0.05, 0) is 19.1 Å². The first kappa shape index (κ1) is 12.0. The quantitative estimate of drug-likeness (QED) is 0.830. The Morgan fingerprint density at radius 3 is 2.87 bits per heavy atom. The van der Waals surface area contributed by atoms with E-state index in [1.165, 1.54) is 6.07 Å². The largest absolute Gasteiger partial charge is 0.507 e. The molecule has 0 bridgehead atoms. The Morgan fingerprint density at radius 2 is 2.33 bits per heavy atom. The van der Waals surface area contributed by atoms with Crippen LogP contribution in [0, 0.1) is 5.82 Å². The number of halogens is 2. The van der Waals surface area contributed by atoms with Crippen LogP contribution in [0.4, 0.5) is 4.39 Å². The molecule has 1 rings (SSSR count). The van der Waals surface area contributed by atoms with Gasteiger partial charge in [0.2, 0.25) is 0 Å². The fourth-order valence-electron chi connectivity index (χ4n) is 1.04. The zero-order valence-electron chi connectivity index (χ0n) is 8.13. The maximum absolute atomic E-state index is 12.6. The molecule has 0 radical (unpaired) electrons. The van der Waals surface area contributed by atoms with Crippen molar-refractivity contribution in [1.29, 1.82) is 0 Å². The van der Waals surface area contributed by atoms with Crippen LogP contribution in [0.25, 0.3) is 0 Å². The molecule has 0 aromatic heterocycles. The van der Waals surface area contributed by atoms with Crippen molar-refractivity contribution in [1.82, 2.24) is 5.32 Å². The van der Waals surface area contributed by atoms with Gasteiger partial charge in [0.15, 0.2) is 0 Å². The van der Waals surface area contributed by atoms with E-state index in [2.05, 4.69) is 21.2 Å². The SMILES string of the molecule is CC(CBr)NC(=O)c1ccc(F)cc1O. The van der Waals surface area contributed by atoms with E-state index in [-0.39, 0.29) is 17.4 Å². The minimum atomic E-state index is -0.572. The number of phenolic OH excluding ortho intramolecular Hbond substituents is 1. The molecule has 15 heavy (non-hydrogen) atoms. The number of carbonyl (C=O) groups excluding carboxylic acids is 1. The van der Waals surface area contributed by atoms with Crippen LogP contribution in [0.2, 0.25) is 0 Å². The molecule has 1 unspecified atom stereocenters. The lowest BCUT2D eigenvalue weighted by molar-refractivity contribution is 0.0941. The molecular weight excluding hydrogens is 265 g/mol. The van der Waals surface area contributed by atoms with Gasteiger partial charge in [-0.15, -0.1) is 0 Å². The van der Waals surface area contributed by atoms with E-state index in [0.29, 0.717) is 5.33 Å². The highest BCUT2D eigenvalue weighted by Gasteiger charge is 2.13. The monoisotopic (exact) mass is 275 g/mol. The lowest BCUT2D eigenvalue weighted by Gasteiger charge is -2.11. The number of benzene rings is 1. The van der Waals surface area contributed by atoms with Crippen molar-refractivity contribution >= 4 is 21.8 Å². The van der Waals surface area contributed by atoms with Crippen molar-refractivity contribution in [3.8, 4) is 5.75 Å². The summed E-state index contributed by atoms with van der Waals surface area (Å²) in [6.07, 6.45) is 0. The first-order valence-electron chi connectivity index (χ1n) is 4.40. The highest BCUT2D eigenvalue weighted by atomic mass is 79.9. The second kappa shape index (κ2) is 5.11. The Kier molecular flexibility index (Phi) is 4.08. The summed E-state index contributed by atoms with van der Waals surface area (Å²) in [6.45, 7) is 1.81. The molecule has 82 valence electrons. The molecular formula is C10H11BrFNO2. The lowest BCUT2D eigenvalue weighted by Crippen LogP contribution is -2.33. The molecule has 0 saturated carbocycles. The third-order valence-corrected chi connectivity index (χ3v) is 2.78. The van der Waals surface area contributed by atoms with Crippen molar-refractivity contribution in [3.05, 3.63) is 29.6 Å². The maximum Gasteiger partial charge on any atom is 0.255 e. The van der Waals surface area contributed by atoms with Crippen LogP contribution in [-0.2, 0) is 0 Å². The van der Waals surface area contributed by atoms with Crippen molar-refractivity contribution < 1.29 is 14.3 Å². The van der Waals surface area contributed by atoms with Crippen molar-refractivity contribution in [3.63, 3.8) is 0 Å². The molecule has 0 fully saturated rings. The Balaban J connectivity index is 2.82. The van der Waals surface area contributed by atoms with Gasteiger partial charge in [-0.1, -0.05) is 15.9 Å². The van der Waals surface area contributed by atoms with Gasteiger partial charge < -0.3 is 10.4 Å². The van der Waals surface area contributed by atoms with E-state index in [9.17, 15) is 14.3 Å². The van der Waals surface area contributed by atoms with Gasteiger partial charge in [-0.2, -0.15) is 0 Å². The molecule has 1 aromatic rings. The maximum atomic E-state index is 12.6. The van der Waals surface area contributed by atoms with Crippen LogP contribution in [0.5, 0.6) is 5.75 Å². The second-order valence-electron chi connectivity index (χ2n) is 3.19. The van der Waals surface area contributed by atoms with E-state index in [1.807, 2.05) is 6.92 Å². The van der Waals surface area contributed by atoms with Gasteiger partial charge in [-0.25, -0.2) is 4.39 Å². The highest BCUT2D eigenvalue weighted by molar-refractivity contribution is 9.09. The summed E-state index contributed by atoms with van der Waals surface area (Å²) in [6, 6.07) is 3.24. The van der Waals surface area contributed by atoms with Gasteiger partial charge in [0, 0.05) is 17.4 Å². The number of hydrogen-bond acceptors (Lipinski definition) is 2. The summed E-state index contributed by atoms with van der Waals surface area (Å²) in [5, 5.41) is 12.6. The standard InChI is InChI=1S/C10H11BrFNO2/c1-6(5-11)13-10(15)8-3-2-7(12)4-9(8)14/h2-4,6,14H,5H2,1H3,(H,13,15). The second-order valence-corrected chi connectivity index (χ2v) is 3.84. The number of hydrogen-bond donors (Lipinski definition) is 2. The van der Waals surface area contributed by atoms with Gasteiger partial charge >= 0.3 is 0 Å². The number of aromatic hydroxyl groups is 1. The fraction of sp³-hybridized carbons (Fsp3) is 0.300. The van der Waals surface area contributed by atoms with Crippen LogP contribution in [0.3, 0.4) is 0 Å². The Hall–Kier alpha value is -1.10. The average Bonchev–Trinajstić information content (AvgIpc) is 2.17. The topological polar surface area (TPSA) is 49.3 Å². The molecule has 3 nitrogen and oxygen atoms in total. The molecule has 0 spiro atoms. The molecule has 2 N–H and O–H groups in total. The summed E-state index contributed by atoms with van der Waals surface area (Å²) in [5.74, 6) is -1.34. The third kappa shape index (κ3) is 3.20. The number of nitrogens with one attached hydrogen (secondary N) is 1. The molecule has 0 aliphatic heterocycles. The molecule has 0 saturated heterocycles. The summed E-state index contributed by atoms with van der Waals surface area (Å²) in [5.41, 5.74) is 0.0733. The molecule has 0 aliphatic carbocycles. The molecule has 1 amide bonds. The predicted molar refractivity (Wildman–Crippen MR) is 58.8 cm³/mol. The van der Waals surface area contributed by atoms with E-state index < -0.39 is 11.7 Å². The number of phenols is 1. The third-order valence-electron chi connectivity index (χ3n) is 1.81. The summed E-state index contributed by atoms with van der Waals surface area (Å²) in [4.78, 5) is 11.5. The number of amides is 1. The number of rotatable bonds is 3. The zero-order valence-corrected chi connectivity index (χ0v) is 9.71. The highest BCUT2D eigenvalue weighted by Crippen LogP contribution is 2.17. The minimum Gasteiger partial charge on any atom is -0.507 e.